The minimum Gasteiger partial charge on any atom is -0.387 e. The maximum Gasteiger partial charge on any atom is 0.416 e. The highest BCUT2D eigenvalue weighted by atomic mass is 19.4. The first-order chi connectivity index (χ1) is 8.91. The number of hydrogen-bond donors (Lipinski definition) is 3. The second kappa shape index (κ2) is 5.48. The van der Waals surface area contributed by atoms with E-state index in [4.69, 9.17) is 0 Å². The summed E-state index contributed by atoms with van der Waals surface area (Å²) in [5.41, 5.74) is -1.28. The zero-order valence-electron chi connectivity index (χ0n) is 10.4. The van der Waals surface area contributed by atoms with Crippen LogP contribution in [-0.2, 0) is 12.7 Å². The van der Waals surface area contributed by atoms with E-state index >= 15 is 0 Å². The van der Waals surface area contributed by atoms with Crippen LogP contribution >= 0.6 is 0 Å². The average molecular weight is 274 g/mol. The number of rotatable bonds is 4. The lowest BCUT2D eigenvalue weighted by Gasteiger charge is -2.22. The van der Waals surface area contributed by atoms with Gasteiger partial charge in [-0.2, -0.15) is 13.2 Å². The first-order valence-corrected chi connectivity index (χ1v) is 6.20. The number of nitrogens with one attached hydrogen (secondary N) is 2. The predicted molar refractivity (Wildman–Crippen MR) is 65.6 cm³/mol. The van der Waals surface area contributed by atoms with E-state index in [0.29, 0.717) is 13.0 Å². The molecule has 0 aromatic heterocycles. The molecule has 19 heavy (non-hydrogen) atoms. The molecule has 1 aromatic carbocycles. The van der Waals surface area contributed by atoms with Crippen LogP contribution in [0.5, 0.6) is 0 Å². The normalized spacial score (nSPS) is 23.8. The van der Waals surface area contributed by atoms with Crippen LogP contribution in [0.3, 0.4) is 0 Å². The topological polar surface area (TPSA) is 44.3 Å². The fourth-order valence-electron chi connectivity index (χ4n) is 2.26. The van der Waals surface area contributed by atoms with Gasteiger partial charge < -0.3 is 15.7 Å². The van der Waals surface area contributed by atoms with E-state index in [2.05, 4.69) is 10.6 Å². The molecule has 1 aliphatic heterocycles. The van der Waals surface area contributed by atoms with Crippen molar-refractivity contribution in [1.29, 1.82) is 0 Å². The molecule has 0 bridgehead atoms. The molecule has 1 unspecified atom stereocenters. The van der Waals surface area contributed by atoms with Crippen LogP contribution in [0.15, 0.2) is 24.3 Å². The highest BCUT2D eigenvalue weighted by Crippen LogP contribution is 2.31. The summed E-state index contributed by atoms with van der Waals surface area (Å²) in [6.07, 6.45) is -3.73. The summed E-state index contributed by atoms with van der Waals surface area (Å²) in [4.78, 5) is 0. The van der Waals surface area contributed by atoms with Crippen molar-refractivity contribution in [1.82, 2.24) is 10.6 Å². The van der Waals surface area contributed by atoms with Crippen LogP contribution in [0, 0.1) is 0 Å². The van der Waals surface area contributed by atoms with Gasteiger partial charge in [0.25, 0.3) is 0 Å². The van der Waals surface area contributed by atoms with Gasteiger partial charge in [0.05, 0.1) is 11.2 Å². The number of β-amino-alcohol motifs (C(OH)–C–C–N with tert-alkyl or cyclic N) is 1. The van der Waals surface area contributed by atoms with Gasteiger partial charge in [0.1, 0.15) is 0 Å². The Morgan fingerprint density at radius 3 is 2.68 bits per heavy atom. The standard InChI is InChI=1S/C13H17F3N2O/c14-13(15,16)11-4-2-1-3-10(11)7-18-9-12(19)5-6-17-8-12/h1-4,17-19H,5-9H2. The maximum atomic E-state index is 12.8. The molecule has 3 N–H and O–H groups in total. The van der Waals surface area contributed by atoms with Gasteiger partial charge in [0.15, 0.2) is 0 Å². The van der Waals surface area contributed by atoms with Gasteiger partial charge in [-0.1, -0.05) is 18.2 Å². The molecule has 0 saturated carbocycles. The smallest absolute Gasteiger partial charge is 0.387 e. The minimum absolute atomic E-state index is 0.0952. The summed E-state index contributed by atoms with van der Waals surface area (Å²) < 4.78 is 38.3. The molecule has 1 fully saturated rings. The molecular formula is C13H17F3N2O. The van der Waals surface area contributed by atoms with E-state index in [1.54, 1.807) is 6.07 Å². The molecule has 1 aliphatic rings. The van der Waals surface area contributed by atoms with Crippen LogP contribution in [0.1, 0.15) is 17.5 Å². The predicted octanol–water partition coefficient (Wildman–Crippen LogP) is 1.52. The number of alkyl halides is 3. The van der Waals surface area contributed by atoms with Gasteiger partial charge >= 0.3 is 6.18 Å². The molecule has 3 nitrogen and oxygen atoms in total. The number of aliphatic hydroxyl groups is 1. The SMILES string of the molecule is OC1(CNCc2ccccc2C(F)(F)F)CCNC1. The highest BCUT2D eigenvalue weighted by Gasteiger charge is 2.33. The number of halogens is 3. The molecule has 1 saturated heterocycles. The molecule has 0 aliphatic carbocycles. The Balaban J connectivity index is 1.96. The molecule has 1 heterocycles. The van der Waals surface area contributed by atoms with Gasteiger partial charge in [-0.05, 0) is 24.6 Å². The summed E-state index contributed by atoms with van der Waals surface area (Å²) >= 11 is 0. The quantitative estimate of drug-likeness (QED) is 0.780. The molecule has 0 amide bonds. The lowest BCUT2D eigenvalue weighted by molar-refractivity contribution is -0.138. The Hall–Kier alpha value is -1.11. The minimum atomic E-state index is -4.34. The molecule has 0 radical (unpaired) electrons. The summed E-state index contributed by atoms with van der Waals surface area (Å²) in [6, 6.07) is 5.48. The van der Waals surface area contributed by atoms with Gasteiger partial charge in [0, 0.05) is 19.6 Å². The largest absolute Gasteiger partial charge is 0.416 e. The Kier molecular flexibility index (Phi) is 4.13. The fourth-order valence-corrected chi connectivity index (χ4v) is 2.26. The zero-order valence-corrected chi connectivity index (χ0v) is 10.4. The van der Waals surface area contributed by atoms with Crippen LogP contribution < -0.4 is 10.6 Å². The van der Waals surface area contributed by atoms with E-state index in [0.717, 1.165) is 12.6 Å². The molecule has 2 rings (SSSR count). The van der Waals surface area contributed by atoms with Crippen molar-refractivity contribution in [3.8, 4) is 0 Å². The van der Waals surface area contributed by atoms with Crippen molar-refractivity contribution in [2.75, 3.05) is 19.6 Å². The van der Waals surface area contributed by atoms with Crippen molar-refractivity contribution in [2.45, 2.75) is 24.7 Å². The Morgan fingerprint density at radius 2 is 2.05 bits per heavy atom. The van der Waals surface area contributed by atoms with Crippen LogP contribution in [0.25, 0.3) is 0 Å². The summed E-state index contributed by atoms with van der Waals surface area (Å²) in [5.74, 6) is 0. The third kappa shape index (κ3) is 3.68. The van der Waals surface area contributed by atoms with Gasteiger partial charge in [0.2, 0.25) is 0 Å². The summed E-state index contributed by atoms with van der Waals surface area (Å²) in [6.45, 7) is 1.59. The van der Waals surface area contributed by atoms with Crippen molar-refractivity contribution in [3.63, 3.8) is 0 Å². The van der Waals surface area contributed by atoms with E-state index < -0.39 is 17.3 Å². The second-order valence-electron chi connectivity index (χ2n) is 4.91. The van der Waals surface area contributed by atoms with E-state index in [9.17, 15) is 18.3 Å². The fraction of sp³-hybridized carbons (Fsp3) is 0.538. The third-order valence-corrected chi connectivity index (χ3v) is 3.31. The van der Waals surface area contributed by atoms with E-state index in [-0.39, 0.29) is 18.7 Å². The molecule has 0 spiro atoms. The maximum absolute atomic E-state index is 12.8. The Bertz CT molecular complexity index is 428. The second-order valence-corrected chi connectivity index (χ2v) is 4.91. The number of hydrogen-bond acceptors (Lipinski definition) is 3. The van der Waals surface area contributed by atoms with E-state index in [1.807, 2.05) is 0 Å². The first-order valence-electron chi connectivity index (χ1n) is 6.20. The van der Waals surface area contributed by atoms with Gasteiger partial charge in [-0.25, -0.2) is 0 Å². The van der Waals surface area contributed by atoms with Crippen molar-refractivity contribution >= 4 is 0 Å². The monoisotopic (exact) mass is 274 g/mol. The lowest BCUT2D eigenvalue weighted by Crippen LogP contribution is -2.42. The van der Waals surface area contributed by atoms with Crippen molar-refractivity contribution in [2.24, 2.45) is 0 Å². The zero-order chi connectivity index (χ0) is 13.9. The van der Waals surface area contributed by atoms with Crippen molar-refractivity contribution < 1.29 is 18.3 Å². The average Bonchev–Trinajstić information content (AvgIpc) is 2.76. The molecule has 106 valence electrons. The van der Waals surface area contributed by atoms with Crippen molar-refractivity contribution in [3.05, 3.63) is 35.4 Å². The van der Waals surface area contributed by atoms with Gasteiger partial charge in [-0.3, -0.25) is 0 Å². The Labute approximate surface area is 109 Å². The first kappa shape index (κ1) is 14.3. The molecule has 1 aromatic rings. The Morgan fingerprint density at radius 1 is 1.32 bits per heavy atom. The molecule has 1 atom stereocenters. The van der Waals surface area contributed by atoms with E-state index in [1.165, 1.54) is 12.1 Å². The van der Waals surface area contributed by atoms with Crippen LogP contribution in [-0.4, -0.2) is 30.3 Å². The van der Waals surface area contributed by atoms with Crippen LogP contribution in [0.2, 0.25) is 0 Å². The molecular weight excluding hydrogens is 257 g/mol. The summed E-state index contributed by atoms with van der Waals surface area (Å²) in [5, 5.41) is 16.0. The highest BCUT2D eigenvalue weighted by molar-refractivity contribution is 5.29. The number of benzene rings is 1. The third-order valence-electron chi connectivity index (χ3n) is 3.31. The lowest BCUT2D eigenvalue weighted by atomic mass is 10.0. The summed E-state index contributed by atoms with van der Waals surface area (Å²) in [7, 11) is 0. The van der Waals surface area contributed by atoms with Crippen LogP contribution in [0.4, 0.5) is 13.2 Å². The molecule has 6 heteroatoms. The van der Waals surface area contributed by atoms with Gasteiger partial charge in [-0.15, -0.1) is 0 Å².